The van der Waals surface area contributed by atoms with E-state index in [0.717, 1.165) is 16.9 Å². The smallest absolute Gasteiger partial charge is 0.339 e. The number of carbonyl (C=O) groups excluding carboxylic acids is 1. The van der Waals surface area contributed by atoms with Gasteiger partial charge in [-0.25, -0.2) is 4.79 Å². The minimum absolute atomic E-state index is 0.0841. The molecule has 0 saturated carbocycles. The fourth-order valence-corrected chi connectivity index (χ4v) is 3.29. The SMILES string of the molecule is O=C1C[C@@H](c2cccnc2)c2c(c(C(=O)O)cn2-c2ccccc2)N1. The molecule has 6 nitrogen and oxygen atoms in total. The molecule has 0 bridgehead atoms. The molecule has 1 aliphatic rings. The van der Waals surface area contributed by atoms with Gasteiger partial charge in [0.1, 0.15) is 5.56 Å². The van der Waals surface area contributed by atoms with Gasteiger partial charge in [-0.1, -0.05) is 24.3 Å². The Balaban J connectivity index is 1.98. The Hall–Kier alpha value is -3.41. The normalized spacial score (nSPS) is 16.2. The number of anilines is 1. The number of hydrogen-bond acceptors (Lipinski definition) is 3. The van der Waals surface area contributed by atoms with Crippen LogP contribution in [0.5, 0.6) is 0 Å². The maximum atomic E-state index is 12.2. The van der Waals surface area contributed by atoms with Crippen LogP contribution < -0.4 is 5.32 Å². The number of rotatable bonds is 3. The summed E-state index contributed by atoms with van der Waals surface area (Å²) in [5.74, 6) is -1.53. The molecule has 124 valence electrons. The highest BCUT2D eigenvalue weighted by molar-refractivity contribution is 6.04. The van der Waals surface area contributed by atoms with Crippen LogP contribution in [0.4, 0.5) is 5.69 Å². The lowest BCUT2D eigenvalue weighted by atomic mass is 9.89. The van der Waals surface area contributed by atoms with Crippen molar-refractivity contribution in [3.8, 4) is 5.69 Å². The molecule has 0 saturated heterocycles. The van der Waals surface area contributed by atoms with Crippen molar-refractivity contribution in [1.29, 1.82) is 0 Å². The number of carboxylic acid groups (broad SMARTS) is 1. The molecule has 0 aliphatic carbocycles. The van der Waals surface area contributed by atoms with Crippen molar-refractivity contribution >= 4 is 17.6 Å². The van der Waals surface area contributed by atoms with Crippen molar-refractivity contribution in [2.45, 2.75) is 12.3 Å². The summed E-state index contributed by atoms with van der Waals surface area (Å²) in [6, 6.07) is 13.2. The third-order valence-corrected chi connectivity index (χ3v) is 4.38. The number of benzene rings is 1. The van der Waals surface area contributed by atoms with Crippen molar-refractivity contribution < 1.29 is 14.7 Å². The standard InChI is InChI=1S/C19H15N3O3/c23-16-9-14(12-5-4-8-20-10-12)18-17(21-16)15(19(24)25)11-22(18)13-6-2-1-3-7-13/h1-8,10-11,14H,9H2,(H,21,23)(H,24,25)/t14-/m0/s1. The summed E-state index contributed by atoms with van der Waals surface area (Å²) in [7, 11) is 0. The largest absolute Gasteiger partial charge is 0.478 e. The maximum Gasteiger partial charge on any atom is 0.339 e. The second-order valence-electron chi connectivity index (χ2n) is 5.90. The number of amides is 1. The van der Waals surface area contributed by atoms with Crippen LogP contribution in [0.25, 0.3) is 5.69 Å². The molecule has 3 aromatic rings. The van der Waals surface area contributed by atoms with E-state index >= 15 is 0 Å². The average molecular weight is 333 g/mol. The lowest BCUT2D eigenvalue weighted by molar-refractivity contribution is -0.116. The van der Waals surface area contributed by atoms with Crippen LogP contribution in [-0.2, 0) is 4.79 Å². The number of nitrogens with one attached hydrogen (secondary N) is 1. The zero-order chi connectivity index (χ0) is 17.4. The fraction of sp³-hybridized carbons (Fsp3) is 0.105. The zero-order valence-corrected chi connectivity index (χ0v) is 13.2. The lowest BCUT2D eigenvalue weighted by Crippen LogP contribution is -2.25. The first-order chi connectivity index (χ1) is 12.1. The predicted octanol–water partition coefficient (Wildman–Crippen LogP) is 3.04. The molecule has 1 aliphatic heterocycles. The van der Waals surface area contributed by atoms with E-state index in [1.807, 2.05) is 47.0 Å². The highest BCUT2D eigenvalue weighted by atomic mass is 16.4. The van der Waals surface area contributed by atoms with Gasteiger partial charge in [0.05, 0.1) is 11.4 Å². The van der Waals surface area contributed by atoms with Crippen molar-refractivity contribution in [3.05, 3.63) is 77.9 Å². The van der Waals surface area contributed by atoms with Gasteiger partial charge in [0.15, 0.2) is 0 Å². The molecule has 2 N–H and O–H groups in total. The summed E-state index contributed by atoms with van der Waals surface area (Å²) in [6.07, 6.45) is 5.20. The summed E-state index contributed by atoms with van der Waals surface area (Å²) in [6.45, 7) is 0. The van der Waals surface area contributed by atoms with E-state index in [-0.39, 0.29) is 23.8 Å². The van der Waals surface area contributed by atoms with Crippen LogP contribution in [0.3, 0.4) is 0 Å². The number of nitrogens with zero attached hydrogens (tertiary/aromatic N) is 2. The van der Waals surface area contributed by atoms with E-state index in [1.54, 1.807) is 18.6 Å². The van der Waals surface area contributed by atoms with E-state index in [4.69, 9.17) is 0 Å². The Morgan fingerprint density at radius 2 is 2.00 bits per heavy atom. The molecule has 3 heterocycles. The highest BCUT2D eigenvalue weighted by Crippen LogP contribution is 2.41. The van der Waals surface area contributed by atoms with Crippen molar-refractivity contribution in [2.24, 2.45) is 0 Å². The highest BCUT2D eigenvalue weighted by Gasteiger charge is 2.34. The minimum atomic E-state index is -1.07. The van der Waals surface area contributed by atoms with Gasteiger partial charge in [0.25, 0.3) is 0 Å². The van der Waals surface area contributed by atoms with Gasteiger partial charge < -0.3 is 15.0 Å². The third kappa shape index (κ3) is 2.57. The number of carboxylic acids is 1. The molecule has 1 atom stereocenters. The number of pyridine rings is 1. The molecule has 0 spiro atoms. The van der Waals surface area contributed by atoms with Crippen LogP contribution in [0.2, 0.25) is 0 Å². The number of para-hydroxylation sites is 1. The van der Waals surface area contributed by atoms with Gasteiger partial charge in [-0.3, -0.25) is 9.78 Å². The van der Waals surface area contributed by atoms with Gasteiger partial charge in [0.2, 0.25) is 5.91 Å². The molecule has 0 fully saturated rings. The fourth-order valence-electron chi connectivity index (χ4n) is 3.29. The average Bonchev–Trinajstić information content (AvgIpc) is 3.02. The van der Waals surface area contributed by atoms with Crippen LogP contribution >= 0.6 is 0 Å². The second-order valence-corrected chi connectivity index (χ2v) is 5.90. The van der Waals surface area contributed by atoms with Crippen LogP contribution in [0.1, 0.15) is 34.0 Å². The Bertz CT molecular complexity index is 949. The summed E-state index contributed by atoms with van der Waals surface area (Å²) in [4.78, 5) is 28.0. The first-order valence-electron chi connectivity index (χ1n) is 7.89. The topological polar surface area (TPSA) is 84.2 Å². The van der Waals surface area contributed by atoms with Gasteiger partial charge in [-0.05, 0) is 23.8 Å². The van der Waals surface area contributed by atoms with E-state index in [1.165, 1.54) is 0 Å². The zero-order valence-electron chi connectivity index (χ0n) is 13.2. The number of carbonyl (C=O) groups is 2. The molecule has 0 unspecified atom stereocenters. The van der Waals surface area contributed by atoms with E-state index < -0.39 is 5.97 Å². The van der Waals surface area contributed by atoms with E-state index in [2.05, 4.69) is 10.3 Å². The lowest BCUT2D eigenvalue weighted by Gasteiger charge is -2.26. The molecule has 4 rings (SSSR count). The quantitative estimate of drug-likeness (QED) is 0.771. The molecular formula is C19H15N3O3. The van der Waals surface area contributed by atoms with Gasteiger partial charge in [-0.15, -0.1) is 0 Å². The first-order valence-corrected chi connectivity index (χ1v) is 7.89. The second kappa shape index (κ2) is 5.90. The summed E-state index contributed by atoms with van der Waals surface area (Å²) < 4.78 is 1.84. The number of aromatic carboxylic acids is 1. The molecule has 0 radical (unpaired) electrons. The van der Waals surface area contributed by atoms with Crippen molar-refractivity contribution in [3.63, 3.8) is 0 Å². The summed E-state index contributed by atoms with van der Waals surface area (Å²) in [5.41, 5.74) is 2.93. The Kier molecular flexibility index (Phi) is 3.57. The minimum Gasteiger partial charge on any atom is -0.478 e. The maximum absolute atomic E-state index is 12.2. The number of aromatic nitrogens is 2. The van der Waals surface area contributed by atoms with E-state index in [0.29, 0.717) is 5.69 Å². The first kappa shape index (κ1) is 15.1. The Morgan fingerprint density at radius 3 is 2.68 bits per heavy atom. The van der Waals surface area contributed by atoms with Gasteiger partial charge in [-0.2, -0.15) is 0 Å². The summed E-state index contributed by atoms with van der Waals surface area (Å²) >= 11 is 0. The van der Waals surface area contributed by atoms with Crippen molar-refractivity contribution in [1.82, 2.24) is 9.55 Å². The monoisotopic (exact) mass is 333 g/mol. The molecule has 6 heteroatoms. The molecule has 1 aromatic carbocycles. The Morgan fingerprint density at radius 1 is 1.20 bits per heavy atom. The third-order valence-electron chi connectivity index (χ3n) is 4.38. The number of fused-ring (bicyclic) bond motifs is 1. The molecule has 25 heavy (non-hydrogen) atoms. The summed E-state index contributed by atoms with van der Waals surface area (Å²) in [5, 5.41) is 12.3. The van der Waals surface area contributed by atoms with E-state index in [9.17, 15) is 14.7 Å². The predicted molar refractivity (Wildman–Crippen MR) is 92.1 cm³/mol. The molecule has 2 aromatic heterocycles. The van der Waals surface area contributed by atoms with Crippen LogP contribution in [0, 0.1) is 0 Å². The van der Waals surface area contributed by atoms with Crippen LogP contribution in [-0.4, -0.2) is 26.5 Å². The van der Waals surface area contributed by atoms with Gasteiger partial charge in [0, 0.05) is 36.6 Å². The van der Waals surface area contributed by atoms with Crippen LogP contribution in [0.15, 0.2) is 61.1 Å². The van der Waals surface area contributed by atoms with Crippen molar-refractivity contribution in [2.75, 3.05) is 5.32 Å². The van der Waals surface area contributed by atoms with Gasteiger partial charge >= 0.3 is 5.97 Å². The number of hydrogen-bond donors (Lipinski definition) is 2. The Labute approximate surface area is 143 Å². The molecule has 1 amide bonds. The molecular weight excluding hydrogens is 318 g/mol.